The average Bonchev–Trinajstić information content (AvgIpc) is 3.46. The summed E-state index contributed by atoms with van der Waals surface area (Å²) < 4.78 is 15.6. The van der Waals surface area contributed by atoms with E-state index in [1.807, 2.05) is 30.3 Å². The normalized spacial score (nSPS) is 10.7. The maximum Gasteiger partial charge on any atom is 0.254 e. The highest BCUT2D eigenvalue weighted by Gasteiger charge is 2.18. The van der Waals surface area contributed by atoms with Crippen molar-refractivity contribution in [2.24, 2.45) is 0 Å². The van der Waals surface area contributed by atoms with Gasteiger partial charge < -0.3 is 10.6 Å². The van der Waals surface area contributed by atoms with Gasteiger partial charge in [-0.2, -0.15) is 0 Å². The fourth-order valence-corrected chi connectivity index (χ4v) is 4.13. The van der Waals surface area contributed by atoms with Crippen LogP contribution in [0.15, 0.2) is 71.3 Å². The van der Waals surface area contributed by atoms with Crippen LogP contribution >= 0.6 is 23.1 Å². The van der Waals surface area contributed by atoms with Gasteiger partial charge in [0.1, 0.15) is 5.82 Å². The van der Waals surface area contributed by atoms with Gasteiger partial charge in [-0.1, -0.05) is 42.1 Å². The lowest BCUT2D eigenvalue weighted by atomic mass is 10.2. The second-order valence-electron chi connectivity index (χ2n) is 6.41. The van der Waals surface area contributed by atoms with Crippen LogP contribution in [0, 0.1) is 5.82 Å². The minimum Gasteiger partial charge on any atom is -0.345 e. The van der Waals surface area contributed by atoms with E-state index in [9.17, 15) is 14.0 Å². The van der Waals surface area contributed by atoms with Crippen LogP contribution in [0.25, 0.3) is 5.69 Å². The Kier molecular flexibility index (Phi) is 6.87. The Bertz CT molecular complexity index is 1210. The van der Waals surface area contributed by atoms with E-state index in [4.69, 9.17) is 0 Å². The molecule has 4 aromatic rings. The van der Waals surface area contributed by atoms with Crippen LogP contribution < -0.4 is 10.6 Å². The molecule has 2 amide bonds. The number of rotatable bonds is 8. The summed E-state index contributed by atoms with van der Waals surface area (Å²) in [6.07, 6.45) is 1.61. The lowest BCUT2D eigenvalue weighted by Crippen LogP contribution is -2.25. The fraction of sp³-hybridized carbons (Fsp3) is 0.0952. The first-order valence-corrected chi connectivity index (χ1v) is 11.3. The number of hydrogen-bond acceptors (Lipinski definition) is 7. The van der Waals surface area contributed by atoms with Crippen molar-refractivity contribution >= 4 is 40.0 Å². The van der Waals surface area contributed by atoms with Gasteiger partial charge in [-0.3, -0.25) is 14.2 Å². The molecule has 2 aromatic carbocycles. The summed E-state index contributed by atoms with van der Waals surface area (Å²) in [5.74, 6) is -0.822. The van der Waals surface area contributed by atoms with Crippen LogP contribution in [0.4, 0.5) is 9.52 Å². The highest BCUT2D eigenvalue weighted by atomic mass is 32.2. The van der Waals surface area contributed by atoms with Crippen LogP contribution in [0.2, 0.25) is 0 Å². The van der Waals surface area contributed by atoms with Crippen molar-refractivity contribution in [2.45, 2.75) is 11.7 Å². The highest BCUT2D eigenvalue weighted by molar-refractivity contribution is 7.99. The highest BCUT2D eigenvalue weighted by Crippen LogP contribution is 2.22. The topological polar surface area (TPSA) is 102 Å². The van der Waals surface area contributed by atoms with Crippen molar-refractivity contribution < 1.29 is 14.0 Å². The van der Waals surface area contributed by atoms with Gasteiger partial charge in [0, 0.05) is 17.3 Å². The Balaban J connectivity index is 1.50. The number of halogens is 1. The largest absolute Gasteiger partial charge is 0.345 e. The molecule has 2 N–H and O–H groups in total. The smallest absolute Gasteiger partial charge is 0.254 e. The number of para-hydroxylation sites is 1. The standard InChI is InChI=1S/C21H17FN6O2S2/c22-16-9-5-4-8-15(16)19(30)24-12-17-26-27-21(28(17)14-6-2-1-3-7-14)32-13-18(29)25-20-23-10-11-31-20/h1-11H,12-13H2,(H,24,30)(H,23,25,29). The Hall–Kier alpha value is -3.57. The van der Waals surface area contributed by atoms with E-state index >= 15 is 0 Å². The van der Waals surface area contributed by atoms with Crippen molar-refractivity contribution in [3.05, 3.63) is 83.4 Å². The summed E-state index contributed by atoms with van der Waals surface area (Å²) in [6.45, 7) is 0.0287. The number of thiazole rings is 1. The Morgan fingerprint density at radius 2 is 1.84 bits per heavy atom. The van der Waals surface area contributed by atoms with Crippen molar-refractivity contribution in [3.8, 4) is 5.69 Å². The monoisotopic (exact) mass is 468 g/mol. The van der Waals surface area contributed by atoms with Crippen molar-refractivity contribution in [1.82, 2.24) is 25.1 Å². The molecule has 0 atom stereocenters. The quantitative estimate of drug-likeness (QED) is 0.384. The first-order chi connectivity index (χ1) is 15.6. The first-order valence-electron chi connectivity index (χ1n) is 9.46. The average molecular weight is 469 g/mol. The maximum atomic E-state index is 13.9. The molecule has 2 aromatic heterocycles. The first kappa shape index (κ1) is 21.7. The molecule has 0 aliphatic carbocycles. The molecule has 162 valence electrons. The molecule has 0 aliphatic heterocycles. The Labute approximate surface area is 190 Å². The number of anilines is 1. The number of thioether (sulfide) groups is 1. The predicted molar refractivity (Wildman–Crippen MR) is 120 cm³/mol. The lowest BCUT2D eigenvalue weighted by molar-refractivity contribution is -0.113. The van der Waals surface area contributed by atoms with Gasteiger partial charge in [-0.05, 0) is 24.3 Å². The molecule has 0 spiro atoms. The number of amides is 2. The molecule has 11 heteroatoms. The van der Waals surface area contributed by atoms with E-state index < -0.39 is 11.7 Å². The fourth-order valence-electron chi connectivity index (χ4n) is 2.82. The van der Waals surface area contributed by atoms with Gasteiger partial charge >= 0.3 is 0 Å². The molecule has 0 unspecified atom stereocenters. The van der Waals surface area contributed by atoms with Crippen molar-refractivity contribution in [2.75, 3.05) is 11.1 Å². The third-order valence-electron chi connectivity index (χ3n) is 4.25. The molecule has 0 aliphatic rings. The summed E-state index contributed by atoms with van der Waals surface area (Å²) in [7, 11) is 0. The summed E-state index contributed by atoms with van der Waals surface area (Å²) in [6, 6.07) is 15.1. The summed E-state index contributed by atoms with van der Waals surface area (Å²) in [5.41, 5.74) is 0.724. The molecule has 2 heterocycles. The van der Waals surface area contributed by atoms with Crippen molar-refractivity contribution in [3.63, 3.8) is 0 Å². The number of carbonyl (C=O) groups is 2. The van der Waals surface area contributed by atoms with Gasteiger partial charge in [-0.15, -0.1) is 21.5 Å². The zero-order chi connectivity index (χ0) is 22.3. The predicted octanol–water partition coefficient (Wildman–Crippen LogP) is 3.52. The zero-order valence-electron chi connectivity index (χ0n) is 16.6. The number of hydrogen-bond donors (Lipinski definition) is 2. The van der Waals surface area contributed by atoms with E-state index in [1.165, 1.54) is 41.3 Å². The van der Waals surface area contributed by atoms with E-state index in [1.54, 1.807) is 22.2 Å². The Morgan fingerprint density at radius 3 is 2.59 bits per heavy atom. The molecule has 8 nitrogen and oxygen atoms in total. The molecule has 4 rings (SSSR count). The summed E-state index contributed by atoms with van der Waals surface area (Å²) in [4.78, 5) is 28.6. The molecular formula is C21H17FN6O2S2. The van der Waals surface area contributed by atoms with Gasteiger partial charge in [0.05, 0.1) is 17.9 Å². The van der Waals surface area contributed by atoms with Crippen LogP contribution in [0.3, 0.4) is 0 Å². The second kappa shape index (κ2) is 10.2. The minimum atomic E-state index is -0.600. The molecule has 0 radical (unpaired) electrons. The van der Waals surface area contributed by atoms with Crippen molar-refractivity contribution in [1.29, 1.82) is 0 Å². The number of nitrogens with one attached hydrogen (secondary N) is 2. The van der Waals surface area contributed by atoms with E-state index in [0.29, 0.717) is 16.1 Å². The molecular weight excluding hydrogens is 451 g/mol. The number of aromatic nitrogens is 4. The van der Waals surface area contributed by atoms with E-state index in [2.05, 4.69) is 25.8 Å². The maximum absolute atomic E-state index is 13.9. The van der Waals surface area contributed by atoms with Gasteiger partial charge in [0.25, 0.3) is 5.91 Å². The Morgan fingerprint density at radius 1 is 1.06 bits per heavy atom. The zero-order valence-corrected chi connectivity index (χ0v) is 18.2. The molecule has 0 fully saturated rings. The van der Waals surface area contributed by atoms with Crippen LogP contribution in [-0.4, -0.2) is 37.3 Å². The van der Waals surface area contributed by atoms with E-state index in [-0.39, 0.29) is 23.8 Å². The third-order valence-corrected chi connectivity index (χ3v) is 5.87. The molecule has 0 bridgehead atoms. The third kappa shape index (κ3) is 5.18. The SMILES string of the molecule is O=C(CSc1nnc(CNC(=O)c2ccccc2F)n1-c1ccccc1)Nc1nccs1. The lowest BCUT2D eigenvalue weighted by Gasteiger charge is -2.11. The van der Waals surface area contributed by atoms with E-state index in [0.717, 1.165) is 5.69 Å². The van der Waals surface area contributed by atoms with Gasteiger partial charge in [0.15, 0.2) is 16.1 Å². The summed E-state index contributed by atoms with van der Waals surface area (Å²) >= 11 is 2.54. The second-order valence-corrected chi connectivity index (χ2v) is 8.24. The number of nitrogens with zero attached hydrogens (tertiary/aromatic N) is 4. The summed E-state index contributed by atoms with van der Waals surface area (Å²) in [5, 5.41) is 16.5. The molecule has 0 saturated heterocycles. The molecule has 0 saturated carbocycles. The van der Waals surface area contributed by atoms with Crippen LogP contribution in [-0.2, 0) is 11.3 Å². The van der Waals surface area contributed by atoms with Gasteiger partial charge in [-0.25, -0.2) is 9.37 Å². The number of carbonyl (C=O) groups excluding carboxylic acids is 2. The minimum absolute atomic E-state index is 0.0287. The molecule has 32 heavy (non-hydrogen) atoms. The van der Waals surface area contributed by atoms with Crippen LogP contribution in [0.5, 0.6) is 0 Å². The van der Waals surface area contributed by atoms with Gasteiger partial charge in [0.2, 0.25) is 5.91 Å². The van der Waals surface area contributed by atoms with Crippen LogP contribution in [0.1, 0.15) is 16.2 Å². The number of benzene rings is 2.